The minimum Gasteiger partial charge on any atom is -0.381 e. The van der Waals surface area contributed by atoms with Crippen molar-refractivity contribution >= 4 is 21.6 Å². The van der Waals surface area contributed by atoms with Gasteiger partial charge in [-0.1, -0.05) is 0 Å². The highest BCUT2D eigenvalue weighted by Gasteiger charge is 2.18. The summed E-state index contributed by atoms with van der Waals surface area (Å²) in [6.07, 6.45) is 6.52. The zero-order valence-electron chi connectivity index (χ0n) is 8.62. The first kappa shape index (κ1) is 10.9. The van der Waals surface area contributed by atoms with Gasteiger partial charge in [-0.2, -0.15) is 0 Å². The highest BCUT2D eigenvalue weighted by molar-refractivity contribution is 9.10. The van der Waals surface area contributed by atoms with Crippen molar-refractivity contribution in [1.82, 2.24) is 4.98 Å². The molecule has 2 rings (SSSR count). The lowest BCUT2D eigenvalue weighted by atomic mass is 9.91. The van der Waals surface area contributed by atoms with E-state index in [1.165, 1.54) is 12.8 Å². The van der Waals surface area contributed by atoms with E-state index in [9.17, 15) is 0 Å². The van der Waals surface area contributed by atoms with Gasteiger partial charge in [0, 0.05) is 12.1 Å². The molecule has 0 spiro atoms. The second-order valence-electron chi connectivity index (χ2n) is 4.14. The molecule has 0 bridgehead atoms. The number of nitrogens with zero attached hydrogens (tertiary/aromatic N) is 1. The number of aromatic nitrogens is 1. The Hall–Kier alpha value is -0.610. The fraction of sp³-hybridized carbons (Fsp3) is 0.545. The molecular formula is C11H16BrN3. The van der Waals surface area contributed by atoms with Crippen LogP contribution in [0.25, 0.3) is 0 Å². The number of hydrogen-bond acceptors (Lipinski definition) is 3. The smallest absolute Gasteiger partial charge is 0.106 e. The highest BCUT2D eigenvalue weighted by atomic mass is 79.9. The Balaban J connectivity index is 1.93. The van der Waals surface area contributed by atoms with Gasteiger partial charge in [0.15, 0.2) is 0 Å². The minimum atomic E-state index is 0.361. The summed E-state index contributed by atoms with van der Waals surface area (Å²) in [4.78, 5) is 4.19. The second kappa shape index (κ2) is 4.94. The normalized spacial score (nSPS) is 26.3. The third-order valence-electron chi connectivity index (χ3n) is 2.81. The van der Waals surface area contributed by atoms with Gasteiger partial charge in [-0.25, -0.2) is 4.98 Å². The first-order valence-electron chi connectivity index (χ1n) is 5.38. The Morgan fingerprint density at radius 3 is 2.93 bits per heavy atom. The van der Waals surface area contributed by atoms with E-state index >= 15 is 0 Å². The molecule has 1 aromatic rings. The minimum absolute atomic E-state index is 0.361. The maximum Gasteiger partial charge on any atom is 0.106 e. The van der Waals surface area contributed by atoms with Crippen molar-refractivity contribution in [2.45, 2.75) is 37.8 Å². The standard InChI is InChI=1S/C11H16BrN3/c12-11-5-4-10(7-14-11)15-9-3-1-2-8(13)6-9/h4-5,7-9,15H,1-3,6,13H2. The third-order valence-corrected chi connectivity index (χ3v) is 3.28. The molecule has 0 amide bonds. The predicted octanol–water partition coefficient (Wildman–Crippen LogP) is 2.53. The fourth-order valence-corrected chi connectivity index (χ4v) is 2.29. The summed E-state index contributed by atoms with van der Waals surface area (Å²) in [6, 6.07) is 4.86. The largest absolute Gasteiger partial charge is 0.381 e. The average Bonchev–Trinajstić information content (AvgIpc) is 2.22. The lowest BCUT2D eigenvalue weighted by Gasteiger charge is -2.28. The van der Waals surface area contributed by atoms with Gasteiger partial charge < -0.3 is 11.1 Å². The van der Waals surface area contributed by atoms with Crippen LogP contribution in [0.5, 0.6) is 0 Å². The molecule has 0 aromatic carbocycles. The fourth-order valence-electron chi connectivity index (χ4n) is 2.06. The molecule has 4 heteroatoms. The SMILES string of the molecule is NC1CCCC(Nc2ccc(Br)nc2)C1. The molecule has 1 saturated carbocycles. The van der Waals surface area contributed by atoms with Gasteiger partial charge in [0.05, 0.1) is 11.9 Å². The van der Waals surface area contributed by atoms with E-state index in [-0.39, 0.29) is 0 Å². The van der Waals surface area contributed by atoms with Crippen LogP contribution in [0, 0.1) is 0 Å². The molecule has 82 valence electrons. The van der Waals surface area contributed by atoms with Crippen LogP contribution in [0.1, 0.15) is 25.7 Å². The van der Waals surface area contributed by atoms with E-state index < -0.39 is 0 Å². The van der Waals surface area contributed by atoms with Crippen LogP contribution in [0.4, 0.5) is 5.69 Å². The Bertz CT molecular complexity index is 312. The maximum atomic E-state index is 5.94. The average molecular weight is 270 g/mol. The van der Waals surface area contributed by atoms with Crippen molar-refractivity contribution in [1.29, 1.82) is 0 Å². The summed E-state index contributed by atoms with van der Waals surface area (Å²) in [5, 5.41) is 3.48. The summed E-state index contributed by atoms with van der Waals surface area (Å²) in [5.74, 6) is 0. The van der Waals surface area contributed by atoms with Crippen LogP contribution in [0.2, 0.25) is 0 Å². The van der Waals surface area contributed by atoms with Crippen molar-refractivity contribution in [3.8, 4) is 0 Å². The van der Waals surface area contributed by atoms with Gasteiger partial charge in [-0.3, -0.25) is 0 Å². The summed E-state index contributed by atoms with van der Waals surface area (Å²) in [6.45, 7) is 0. The topological polar surface area (TPSA) is 50.9 Å². The van der Waals surface area contributed by atoms with E-state index in [0.717, 1.165) is 23.1 Å². The zero-order valence-corrected chi connectivity index (χ0v) is 10.2. The Morgan fingerprint density at radius 2 is 2.27 bits per heavy atom. The molecular weight excluding hydrogens is 254 g/mol. The molecule has 3 nitrogen and oxygen atoms in total. The van der Waals surface area contributed by atoms with E-state index in [0.29, 0.717) is 12.1 Å². The molecule has 2 atom stereocenters. The third kappa shape index (κ3) is 3.18. The second-order valence-corrected chi connectivity index (χ2v) is 4.95. The van der Waals surface area contributed by atoms with Crippen molar-refractivity contribution in [3.05, 3.63) is 22.9 Å². The zero-order chi connectivity index (χ0) is 10.7. The number of pyridine rings is 1. The number of nitrogens with one attached hydrogen (secondary N) is 1. The van der Waals surface area contributed by atoms with Crippen LogP contribution in [0.15, 0.2) is 22.9 Å². The van der Waals surface area contributed by atoms with Crippen LogP contribution < -0.4 is 11.1 Å². The van der Waals surface area contributed by atoms with Crippen molar-refractivity contribution in [3.63, 3.8) is 0 Å². The first-order chi connectivity index (χ1) is 7.24. The highest BCUT2D eigenvalue weighted by Crippen LogP contribution is 2.21. The monoisotopic (exact) mass is 269 g/mol. The molecule has 0 saturated heterocycles. The van der Waals surface area contributed by atoms with Crippen molar-refractivity contribution in [2.24, 2.45) is 5.73 Å². The molecule has 2 unspecified atom stereocenters. The van der Waals surface area contributed by atoms with Gasteiger partial charge in [0.1, 0.15) is 4.60 Å². The molecule has 15 heavy (non-hydrogen) atoms. The molecule has 1 aromatic heterocycles. The number of hydrogen-bond donors (Lipinski definition) is 2. The lowest BCUT2D eigenvalue weighted by molar-refractivity contribution is 0.409. The van der Waals surface area contributed by atoms with Crippen LogP contribution in [0.3, 0.4) is 0 Å². The van der Waals surface area contributed by atoms with Gasteiger partial charge >= 0.3 is 0 Å². The number of halogens is 1. The van der Waals surface area contributed by atoms with Crippen molar-refractivity contribution in [2.75, 3.05) is 5.32 Å². The number of anilines is 1. The van der Waals surface area contributed by atoms with Gasteiger partial charge in [0.2, 0.25) is 0 Å². The first-order valence-corrected chi connectivity index (χ1v) is 6.17. The molecule has 0 aliphatic heterocycles. The summed E-state index contributed by atoms with van der Waals surface area (Å²) < 4.78 is 0.869. The Morgan fingerprint density at radius 1 is 1.40 bits per heavy atom. The van der Waals surface area contributed by atoms with E-state index in [4.69, 9.17) is 5.73 Å². The van der Waals surface area contributed by atoms with Gasteiger partial charge in [0.25, 0.3) is 0 Å². The summed E-state index contributed by atoms with van der Waals surface area (Å²) >= 11 is 3.32. The van der Waals surface area contributed by atoms with Crippen LogP contribution in [-0.2, 0) is 0 Å². The number of nitrogens with two attached hydrogens (primary N) is 1. The molecule has 1 aliphatic carbocycles. The maximum absolute atomic E-state index is 5.94. The van der Waals surface area contributed by atoms with Crippen LogP contribution >= 0.6 is 15.9 Å². The van der Waals surface area contributed by atoms with Gasteiger partial charge in [-0.05, 0) is 53.7 Å². The van der Waals surface area contributed by atoms with Crippen LogP contribution in [-0.4, -0.2) is 17.1 Å². The molecule has 3 N–H and O–H groups in total. The molecule has 1 fully saturated rings. The predicted molar refractivity (Wildman–Crippen MR) is 65.8 cm³/mol. The van der Waals surface area contributed by atoms with E-state index in [2.05, 4.69) is 26.2 Å². The Kier molecular flexibility index (Phi) is 3.59. The van der Waals surface area contributed by atoms with Crippen molar-refractivity contribution < 1.29 is 0 Å². The summed E-state index contributed by atoms with van der Waals surface area (Å²) in [7, 11) is 0. The summed E-state index contributed by atoms with van der Waals surface area (Å²) in [5.41, 5.74) is 7.02. The van der Waals surface area contributed by atoms with E-state index in [1.807, 2.05) is 18.3 Å². The Labute approximate surface area is 98.6 Å². The lowest BCUT2D eigenvalue weighted by Crippen LogP contribution is -2.34. The molecule has 0 radical (unpaired) electrons. The van der Waals surface area contributed by atoms with Gasteiger partial charge in [-0.15, -0.1) is 0 Å². The molecule has 1 aliphatic rings. The van der Waals surface area contributed by atoms with E-state index in [1.54, 1.807) is 0 Å². The molecule has 1 heterocycles. The quantitative estimate of drug-likeness (QED) is 0.812. The number of rotatable bonds is 2.